The summed E-state index contributed by atoms with van der Waals surface area (Å²) in [4.78, 5) is 27.9. The van der Waals surface area contributed by atoms with E-state index < -0.39 is 23.7 Å². The lowest BCUT2D eigenvalue weighted by molar-refractivity contribution is 0.0933. The Labute approximate surface area is 208 Å². The molecule has 1 aromatic heterocycles. The van der Waals surface area contributed by atoms with Crippen molar-refractivity contribution >= 4 is 52.0 Å². The van der Waals surface area contributed by atoms with Crippen LogP contribution in [-0.4, -0.2) is 31.4 Å². The molecule has 1 aliphatic rings. The van der Waals surface area contributed by atoms with E-state index in [-0.39, 0.29) is 23.8 Å². The number of amidine groups is 1. The van der Waals surface area contributed by atoms with Gasteiger partial charge >= 0.3 is 0 Å². The summed E-state index contributed by atoms with van der Waals surface area (Å²) in [5, 5.41) is 9.26. The molecule has 35 heavy (non-hydrogen) atoms. The van der Waals surface area contributed by atoms with Gasteiger partial charge in [0.05, 0.1) is 15.6 Å². The van der Waals surface area contributed by atoms with Gasteiger partial charge in [-0.1, -0.05) is 11.6 Å². The number of halogens is 2. The number of hydrogen-bond donors (Lipinski definition) is 5. The lowest BCUT2D eigenvalue weighted by Gasteiger charge is -2.29. The Morgan fingerprint density at radius 2 is 2.00 bits per heavy atom. The van der Waals surface area contributed by atoms with Crippen LogP contribution in [0.5, 0.6) is 5.75 Å². The minimum atomic E-state index is -0.762. The van der Waals surface area contributed by atoms with Gasteiger partial charge < -0.3 is 21.1 Å². The molecule has 182 valence electrons. The minimum absolute atomic E-state index is 0.0411. The van der Waals surface area contributed by atoms with Crippen molar-refractivity contribution in [1.82, 2.24) is 10.9 Å². The van der Waals surface area contributed by atoms with Gasteiger partial charge in [-0.15, -0.1) is 16.4 Å². The van der Waals surface area contributed by atoms with Gasteiger partial charge in [0.25, 0.3) is 11.8 Å². The van der Waals surface area contributed by atoms with E-state index in [4.69, 9.17) is 27.9 Å². The first-order chi connectivity index (χ1) is 16.8. The van der Waals surface area contributed by atoms with Crippen LogP contribution in [0.1, 0.15) is 31.6 Å². The topological polar surface area (TPSA) is 147 Å². The van der Waals surface area contributed by atoms with Crippen LogP contribution in [0.4, 0.5) is 15.8 Å². The highest BCUT2D eigenvalue weighted by atomic mass is 35.5. The van der Waals surface area contributed by atoms with E-state index in [1.54, 1.807) is 43.4 Å². The van der Waals surface area contributed by atoms with E-state index in [9.17, 15) is 14.0 Å². The molecule has 13 heteroatoms. The molecule has 4 rings (SSSR count). The zero-order chi connectivity index (χ0) is 25.1. The fraction of sp³-hybridized carbons (Fsp3) is 0.136. The van der Waals surface area contributed by atoms with E-state index >= 15 is 0 Å². The van der Waals surface area contributed by atoms with Crippen LogP contribution in [0, 0.1) is 5.82 Å². The summed E-state index contributed by atoms with van der Waals surface area (Å²) in [6.45, 7) is -0.0630. The number of ether oxygens (including phenoxy) is 1. The summed E-state index contributed by atoms with van der Waals surface area (Å²) in [7, 11) is 1.58. The second-order valence-corrected chi connectivity index (χ2v) is 9.09. The number of benzene rings is 2. The van der Waals surface area contributed by atoms with Crippen LogP contribution < -0.4 is 37.4 Å². The molecule has 0 saturated heterocycles. The number of nitrogens with one attached hydrogen (secondary N) is 3. The van der Waals surface area contributed by atoms with Crippen molar-refractivity contribution in [1.29, 1.82) is 0 Å². The van der Waals surface area contributed by atoms with Gasteiger partial charge in [0.1, 0.15) is 23.4 Å². The Kier molecular flexibility index (Phi) is 7.05. The molecule has 10 nitrogen and oxygen atoms in total. The highest BCUT2D eigenvalue weighted by Gasteiger charge is 2.29. The number of hydrazone groups is 1. The van der Waals surface area contributed by atoms with Crippen molar-refractivity contribution in [2.75, 3.05) is 24.0 Å². The third-order valence-corrected chi connectivity index (χ3v) is 6.54. The Balaban J connectivity index is 1.52. The van der Waals surface area contributed by atoms with Crippen LogP contribution in [0.15, 0.2) is 53.6 Å². The third kappa shape index (κ3) is 4.99. The molecule has 2 amide bonds. The summed E-state index contributed by atoms with van der Waals surface area (Å²) < 4.78 is 20.4. The van der Waals surface area contributed by atoms with E-state index in [0.29, 0.717) is 26.2 Å². The second kappa shape index (κ2) is 10.2. The molecule has 3 aromatic rings. The number of amides is 2. The van der Waals surface area contributed by atoms with E-state index in [0.717, 1.165) is 6.07 Å². The van der Waals surface area contributed by atoms with Crippen molar-refractivity contribution in [2.45, 2.75) is 6.04 Å². The second-order valence-electron chi connectivity index (χ2n) is 7.35. The minimum Gasteiger partial charge on any atom is -0.472 e. The number of fused-ring (bicyclic) bond motifs is 1. The fourth-order valence-corrected chi connectivity index (χ4v) is 4.61. The molecular formula is C22H21ClFN7O3S. The zero-order valence-electron chi connectivity index (χ0n) is 18.3. The van der Waals surface area contributed by atoms with Crippen LogP contribution in [-0.2, 0) is 0 Å². The first kappa shape index (κ1) is 24.3. The maximum Gasteiger partial charge on any atom is 0.264 e. The van der Waals surface area contributed by atoms with Crippen molar-refractivity contribution in [2.24, 2.45) is 16.7 Å². The number of hydrazine groups is 1. The third-order valence-electron chi connectivity index (χ3n) is 5.25. The predicted molar refractivity (Wildman–Crippen MR) is 133 cm³/mol. The molecule has 0 spiro atoms. The number of rotatable bonds is 7. The lowest BCUT2D eigenvalue weighted by atomic mass is 10.1. The number of carbonyl (C=O) groups is 2. The largest absolute Gasteiger partial charge is 0.472 e. The highest BCUT2D eigenvalue weighted by Crippen LogP contribution is 2.33. The first-order valence-electron chi connectivity index (χ1n) is 10.2. The maximum absolute atomic E-state index is 14.2. The molecule has 0 fully saturated rings. The SMILES string of the molecule is CNc1cc2c(cc1F)C(=O)N(c1ccc(C(=O)NC(/C(N)=N/NN)c3ccc(Cl)s3)cc1)CO2. The van der Waals surface area contributed by atoms with Crippen molar-refractivity contribution in [3.63, 3.8) is 0 Å². The highest BCUT2D eigenvalue weighted by molar-refractivity contribution is 7.16. The number of carbonyl (C=O) groups excluding carboxylic acids is 2. The number of anilines is 2. The maximum atomic E-state index is 14.2. The van der Waals surface area contributed by atoms with Crippen LogP contribution >= 0.6 is 22.9 Å². The molecular weight excluding hydrogens is 497 g/mol. The van der Waals surface area contributed by atoms with Crippen LogP contribution in [0.25, 0.3) is 0 Å². The van der Waals surface area contributed by atoms with Gasteiger partial charge in [0.2, 0.25) is 0 Å². The smallest absolute Gasteiger partial charge is 0.264 e. The molecule has 0 radical (unpaired) electrons. The fourth-order valence-electron chi connectivity index (χ4n) is 3.48. The summed E-state index contributed by atoms with van der Waals surface area (Å²) in [5.74, 6) is 4.14. The average molecular weight is 518 g/mol. The van der Waals surface area contributed by atoms with Crippen molar-refractivity contribution in [3.8, 4) is 5.75 Å². The molecule has 0 saturated carbocycles. The molecule has 2 aromatic carbocycles. The summed E-state index contributed by atoms with van der Waals surface area (Å²) in [6.07, 6.45) is 0. The van der Waals surface area contributed by atoms with Gasteiger partial charge in [0.15, 0.2) is 6.73 Å². The molecule has 7 N–H and O–H groups in total. The number of nitrogens with zero attached hydrogens (tertiary/aromatic N) is 2. The monoisotopic (exact) mass is 517 g/mol. The Morgan fingerprint density at radius 3 is 2.63 bits per heavy atom. The molecule has 0 bridgehead atoms. The van der Waals surface area contributed by atoms with Gasteiger partial charge in [-0.05, 0) is 42.5 Å². The molecule has 2 heterocycles. The number of thiophene rings is 1. The molecule has 1 atom stereocenters. The van der Waals surface area contributed by atoms with Gasteiger partial charge in [-0.3, -0.25) is 14.5 Å². The Bertz CT molecular complexity index is 1300. The average Bonchev–Trinajstić information content (AvgIpc) is 3.28. The quantitative estimate of drug-likeness (QED) is 0.140. The van der Waals surface area contributed by atoms with Crippen molar-refractivity contribution < 1.29 is 18.7 Å². The van der Waals surface area contributed by atoms with Gasteiger partial charge in [-0.25, -0.2) is 15.8 Å². The normalized spacial score (nSPS) is 14.1. The summed E-state index contributed by atoms with van der Waals surface area (Å²) in [6, 6.07) is 11.5. The Hall–Kier alpha value is -3.87. The van der Waals surface area contributed by atoms with Gasteiger partial charge in [-0.2, -0.15) is 0 Å². The van der Waals surface area contributed by atoms with Gasteiger partial charge in [0, 0.05) is 29.2 Å². The summed E-state index contributed by atoms with van der Waals surface area (Å²) in [5.41, 5.74) is 9.21. The lowest BCUT2D eigenvalue weighted by Crippen LogP contribution is -2.39. The number of nitrogens with two attached hydrogens (primary N) is 2. The van der Waals surface area contributed by atoms with E-state index in [2.05, 4.69) is 21.3 Å². The molecule has 0 aliphatic carbocycles. The Morgan fingerprint density at radius 1 is 1.26 bits per heavy atom. The number of hydrogen-bond acceptors (Lipinski definition) is 8. The van der Waals surface area contributed by atoms with E-state index in [1.165, 1.54) is 22.3 Å². The molecule has 1 aliphatic heterocycles. The molecule has 1 unspecified atom stereocenters. The van der Waals surface area contributed by atoms with Crippen LogP contribution in [0.2, 0.25) is 4.34 Å². The van der Waals surface area contributed by atoms with Crippen molar-refractivity contribution in [3.05, 3.63) is 74.7 Å². The predicted octanol–water partition coefficient (Wildman–Crippen LogP) is 2.79. The standard InChI is InChI=1S/C22H21ClFN7O3S/c1-27-15-9-16-13(8-14(15)24)22(33)31(10-34-16)12-4-2-11(3-5-12)21(32)28-19(20(25)29-30-26)17-6-7-18(23)35-17/h2-9,19,27,30H,10,26H2,1H3,(H2,25,29)(H,28,32). The first-order valence-corrected chi connectivity index (χ1v) is 11.4. The zero-order valence-corrected chi connectivity index (χ0v) is 19.9. The van der Waals surface area contributed by atoms with E-state index in [1.807, 2.05) is 0 Å². The summed E-state index contributed by atoms with van der Waals surface area (Å²) >= 11 is 7.26. The van der Waals surface area contributed by atoms with Crippen LogP contribution in [0.3, 0.4) is 0 Å².